The average molecular weight is 209 g/mol. The molecule has 84 valence electrons. The highest BCUT2D eigenvalue weighted by Crippen LogP contribution is 2.19. The highest BCUT2D eigenvalue weighted by molar-refractivity contribution is 4.99. The Morgan fingerprint density at radius 1 is 1.53 bits per heavy atom. The van der Waals surface area contributed by atoms with Gasteiger partial charge in [-0.15, -0.1) is 0 Å². The van der Waals surface area contributed by atoms with Crippen molar-refractivity contribution in [1.29, 1.82) is 0 Å². The SMILES string of the molecule is CCNCc1ccn(C2CCOCC2)n1. The Balaban J connectivity index is 1.93. The third-order valence-electron chi connectivity index (χ3n) is 2.78. The highest BCUT2D eigenvalue weighted by Gasteiger charge is 2.16. The molecule has 1 aromatic rings. The number of rotatable bonds is 4. The molecule has 0 aromatic carbocycles. The molecule has 0 bridgehead atoms. The monoisotopic (exact) mass is 209 g/mol. The number of ether oxygens (including phenoxy) is 1. The topological polar surface area (TPSA) is 39.1 Å². The normalized spacial score (nSPS) is 18.2. The molecule has 4 heteroatoms. The first kappa shape index (κ1) is 10.6. The fourth-order valence-electron chi connectivity index (χ4n) is 1.88. The second-order valence-corrected chi connectivity index (χ2v) is 3.91. The van der Waals surface area contributed by atoms with E-state index in [4.69, 9.17) is 4.74 Å². The lowest BCUT2D eigenvalue weighted by molar-refractivity contribution is 0.0661. The number of hydrogen-bond acceptors (Lipinski definition) is 3. The Morgan fingerprint density at radius 2 is 2.33 bits per heavy atom. The summed E-state index contributed by atoms with van der Waals surface area (Å²) in [5.41, 5.74) is 1.13. The smallest absolute Gasteiger partial charge is 0.0762 e. The molecule has 0 spiro atoms. The summed E-state index contributed by atoms with van der Waals surface area (Å²) in [6.07, 6.45) is 4.26. The van der Waals surface area contributed by atoms with E-state index in [2.05, 4.69) is 34.3 Å². The maximum atomic E-state index is 5.34. The molecule has 0 amide bonds. The van der Waals surface area contributed by atoms with Crippen molar-refractivity contribution in [2.45, 2.75) is 32.4 Å². The van der Waals surface area contributed by atoms with Crippen LogP contribution < -0.4 is 5.32 Å². The van der Waals surface area contributed by atoms with Gasteiger partial charge in [-0.25, -0.2) is 0 Å². The zero-order chi connectivity index (χ0) is 10.5. The Bertz CT molecular complexity index is 292. The van der Waals surface area contributed by atoms with Crippen LogP contribution in [0.15, 0.2) is 12.3 Å². The Hall–Kier alpha value is -0.870. The molecule has 4 nitrogen and oxygen atoms in total. The van der Waals surface area contributed by atoms with E-state index in [0.717, 1.165) is 44.8 Å². The van der Waals surface area contributed by atoms with Crippen LogP contribution in [-0.4, -0.2) is 29.5 Å². The van der Waals surface area contributed by atoms with Crippen LogP contribution in [0.2, 0.25) is 0 Å². The summed E-state index contributed by atoms with van der Waals surface area (Å²) in [6, 6.07) is 2.63. The molecule has 2 rings (SSSR count). The van der Waals surface area contributed by atoms with E-state index in [1.54, 1.807) is 0 Å². The van der Waals surface area contributed by atoms with Gasteiger partial charge in [-0.3, -0.25) is 4.68 Å². The Kier molecular flexibility index (Phi) is 3.75. The lowest BCUT2D eigenvalue weighted by Gasteiger charge is -2.22. The molecular formula is C11H19N3O. The molecule has 1 aromatic heterocycles. The van der Waals surface area contributed by atoms with Crippen molar-refractivity contribution < 1.29 is 4.74 Å². The molecule has 0 aliphatic carbocycles. The molecule has 0 unspecified atom stereocenters. The number of nitrogens with one attached hydrogen (secondary N) is 1. The maximum Gasteiger partial charge on any atom is 0.0762 e. The molecule has 2 heterocycles. The van der Waals surface area contributed by atoms with Crippen molar-refractivity contribution in [1.82, 2.24) is 15.1 Å². The fraction of sp³-hybridized carbons (Fsp3) is 0.727. The molecule has 1 aliphatic rings. The third kappa shape index (κ3) is 2.79. The average Bonchev–Trinajstić information content (AvgIpc) is 2.76. The summed E-state index contributed by atoms with van der Waals surface area (Å²) >= 11 is 0. The molecule has 0 atom stereocenters. The maximum absolute atomic E-state index is 5.34. The van der Waals surface area contributed by atoms with Crippen molar-refractivity contribution in [2.75, 3.05) is 19.8 Å². The summed E-state index contributed by atoms with van der Waals surface area (Å²) in [6.45, 7) is 5.70. The van der Waals surface area contributed by atoms with Crippen molar-refractivity contribution in [3.8, 4) is 0 Å². The van der Waals surface area contributed by atoms with Gasteiger partial charge < -0.3 is 10.1 Å². The van der Waals surface area contributed by atoms with E-state index in [-0.39, 0.29) is 0 Å². The molecule has 0 saturated carbocycles. The number of nitrogens with zero attached hydrogens (tertiary/aromatic N) is 2. The van der Waals surface area contributed by atoms with Crippen molar-refractivity contribution in [3.63, 3.8) is 0 Å². The van der Waals surface area contributed by atoms with Crippen molar-refractivity contribution >= 4 is 0 Å². The van der Waals surface area contributed by atoms with E-state index in [0.29, 0.717) is 6.04 Å². The predicted molar refractivity (Wildman–Crippen MR) is 58.7 cm³/mol. The first-order valence-corrected chi connectivity index (χ1v) is 5.72. The third-order valence-corrected chi connectivity index (χ3v) is 2.78. The van der Waals surface area contributed by atoms with Gasteiger partial charge in [0.1, 0.15) is 0 Å². The fourth-order valence-corrected chi connectivity index (χ4v) is 1.88. The summed E-state index contributed by atoms with van der Waals surface area (Å²) in [7, 11) is 0. The van der Waals surface area contributed by atoms with Crippen LogP contribution in [0.4, 0.5) is 0 Å². The Labute approximate surface area is 90.6 Å². The van der Waals surface area contributed by atoms with Gasteiger partial charge in [0.05, 0.1) is 11.7 Å². The van der Waals surface area contributed by atoms with Gasteiger partial charge >= 0.3 is 0 Å². The molecule has 1 aliphatic heterocycles. The van der Waals surface area contributed by atoms with E-state index >= 15 is 0 Å². The van der Waals surface area contributed by atoms with Gasteiger partial charge in [0.15, 0.2) is 0 Å². The van der Waals surface area contributed by atoms with Gasteiger partial charge in [-0.2, -0.15) is 5.10 Å². The lowest BCUT2D eigenvalue weighted by Crippen LogP contribution is -2.20. The van der Waals surface area contributed by atoms with Crippen LogP contribution in [0.3, 0.4) is 0 Å². The second-order valence-electron chi connectivity index (χ2n) is 3.91. The number of aromatic nitrogens is 2. The van der Waals surface area contributed by atoms with Crippen LogP contribution >= 0.6 is 0 Å². The predicted octanol–water partition coefficient (Wildman–Crippen LogP) is 1.34. The molecular weight excluding hydrogens is 190 g/mol. The second kappa shape index (κ2) is 5.28. The van der Waals surface area contributed by atoms with Gasteiger partial charge in [0.25, 0.3) is 0 Å². The minimum Gasteiger partial charge on any atom is -0.381 e. The zero-order valence-corrected chi connectivity index (χ0v) is 9.28. The highest BCUT2D eigenvalue weighted by atomic mass is 16.5. The molecule has 15 heavy (non-hydrogen) atoms. The number of hydrogen-bond donors (Lipinski definition) is 1. The molecule has 0 radical (unpaired) electrons. The Morgan fingerprint density at radius 3 is 3.07 bits per heavy atom. The van der Waals surface area contributed by atoms with Gasteiger partial charge in [0.2, 0.25) is 0 Å². The minimum absolute atomic E-state index is 0.536. The standard InChI is InChI=1S/C11H19N3O/c1-2-12-9-10-3-6-14(13-10)11-4-7-15-8-5-11/h3,6,11-12H,2,4-5,7-9H2,1H3. The van der Waals surface area contributed by atoms with Crippen LogP contribution in [0.25, 0.3) is 0 Å². The summed E-state index contributed by atoms with van der Waals surface area (Å²) in [4.78, 5) is 0. The van der Waals surface area contributed by atoms with E-state index in [9.17, 15) is 0 Å². The van der Waals surface area contributed by atoms with Crippen LogP contribution in [-0.2, 0) is 11.3 Å². The van der Waals surface area contributed by atoms with E-state index in [1.165, 1.54) is 0 Å². The van der Waals surface area contributed by atoms with Crippen molar-refractivity contribution in [2.24, 2.45) is 0 Å². The minimum atomic E-state index is 0.536. The van der Waals surface area contributed by atoms with Crippen molar-refractivity contribution in [3.05, 3.63) is 18.0 Å². The first-order chi connectivity index (χ1) is 7.40. The first-order valence-electron chi connectivity index (χ1n) is 5.72. The van der Waals surface area contributed by atoms with E-state index < -0.39 is 0 Å². The van der Waals surface area contributed by atoms with Crippen LogP contribution in [0.1, 0.15) is 31.5 Å². The largest absolute Gasteiger partial charge is 0.381 e. The molecule has 1 N–H and O–H groups in total. The zero-order valence-electron chi connectivity index (χ0n) is 9.28. The van der Waals surface area contributed by atoms with E-state index in [1.807, 2.05) is 0 Å². The van der Waals surface area contributed by atoms with Gasteiger partial charge in [-0.1, -0.05) is 6.92 Å². The lowest BCUT2D eigenvalue weighted by atomic mass is 10.1. The summed E-state index contributed by atoms with van der Waals surface area (Å²) in [5.74, 6) is 0. The summed E-state index contributed by atoms with van der Waals surface area (Å²) < 4.78 is 7.43. The van der Waals surface area contributed by atoms with Gasteiger partial charge in [0, 0.05) is 26.0 Å². The summed E-state index contributed by atoms with van der Waals surface area (Å²) in [5, 5.41) is 7.85. The van der Waals surface area contributed by atoms with Crippen LogP contribution in [0, 0.1) is 0 Å². The van der Waals surface area contributed by atoms with Crippen LogP contribution in [0.5, 0.6) is 0 Å². The quantitative estimate of drug-likeness (QED) is 0.813. The van der Waals surface area contributed by atoms with Gasteiger partial charge in [-0.05, 0) is 25.5 Å². The molecule has 1 fully saturated rings. The molecule has 1 saturated heterocycles.